The van der Waals surface area contributed by atoms with Gasteiger partial charge in [-0.2, -0.15) is 0 Å². The summed E-state index contributed by atoms with van der Waals surface area (Å²) in [5.41, 5.74) is 3.33. The summed E-state index contributed by atoms with van der Waals surface area (Å²) in [5.74, 6) is 0. The Balaban J connectivity index is 1.74. The number of benzene rings is 2. The number of aryl methyl sites for hydroxylation is 1. The summed E-state index contributed by atoms with van der Waals surface area (Å²) in [4.78, 5) is 0.280. The maximum Gasteiger partial charge on any atom is 0.240 e. The minimum atomic E-state index is -3.51. The van der Waals surface area contributed by atoms with Gasteiger partial charge < -0.3 is 4.74 Å². The lowest BCUT2D eigenvalue weighted by molar-refractivity contribution is 0.0460. The second-order valence-electron chi connectivity index (χ2n) is 5.47. The summed E-state index contributed by atoms with van der Waals surface area (Å²) in [7, 11) is -3.51. The predicted octanol–water partition coefficient (Wildman–Crippen LogP) is 2.59. The van der Waals surface area contributed by atoms with Gasteiger partial charge in [0.2, 0.25) is 10.0 Å². The predicted molar refractivity (Wildman–Crippen MR) is 85.2 cm³/mol. The highest BCUT2D eigenvalue weighted by molar-refractivity contribution is 7.89. The van der Waals surface area contributed by atoms with E-state index < -0.39 is 10.0 Å². The van der Waals surface area contributed by atoms with Crippen LogP contribution in [-0.2, 0) is 21.2 Å². The molecule has 0 aromatic heterocycles. The summed E-state index contributed by atoms with van der Waals surface area (Å²) >= 11 is 0. The van der Waals surface area contributed by atoms with Crippen molar-refractivity contribution in [3.63, 3.8) is 0 Å². The minimum Gasteiger partial charge on any atom is -0.372 e. The quantitative estimate of drug-likeness (QED) is 0.943. The number of sulfonamides is 1. The molecule has 0 fully saturated rings. The molecule has 1 aliphatic rings. The van der Waals surface area contributed by atoms with Crippen LogP contribution in [0.5, 0.6) is 0 Å². The number of hydrogen-bond acceptors (Lipinski definition) is 3. The first-order chi connectivity index (χ1) is 10.6. The average molecular weight is 317 g/mol. The second-order valence-corrected chi connectivity index (χ2v) is 7.24. The summed E-state index contributed by atoms with van der Waals surface area (Å²) in [6.45, 7) is 2.79. The van der Waals surface area contributed by atoms with Crippen molar-refractivity contribution in [1.29, 1.82) is 0 Å². The lowest BCUT2D eigenvalue weighted by Crippen LogP contribution is -2.31. The largest absolute Gasteiger partial charge is 0.372 e. The van der Waals surface area contributed by atoms with Crippen molar-refractivity contribution < 1.29 is 13.2 Å². The summed E-state index contributed by atoms with van der Waals surface area (Å²) < 4.78 is 33.0. The fourth-order valence-electron chi connectivity index (χ4n) is 2.63. The van der Waals surface area contributed by atoms with Gasteiger partial charge in [0.25, 0.3) is 0 Å². The highest BCUT2D eigenvalue weighted by Crippen LogP contribution is 2.26. The van der Waals surface area contributed by atoms with Crippen LogP contribution in [0.3, 0.4) is 0 Å². The molecule has 0 radical (unpaired) electrons. The van der Waals surface area contributed by atoms with Crippen LogP contribution in [0, 0.1) is 6.92 Å². The standard InChI is InChI=1S/C17H19NO3S/c1-13-6-8-15(9-7-13)22(19,20)18-12-17-16-5-3-2-4-14(16)10-11-21-17/h2-9,17-18H,10-12H2,1H3/t17-/m1/s1. The normalized spacial score (nSPS) is 18.0. The van der Waals surface area contributed by atoms with Gasteiger partial charge in [-0.05, 0) is 36.6 Å². The van der Waals surface area contributed by atoms with Crippen molar-refractivity contribution >= 4 is 10.0 Å². The minimum absolute atomic E-state index is 0.231. The Hall–Kier alpha value is -1.69. The van der Waals surface area contributed by atoms with E-state index in [0.717, 1.165) is 17.5 Å². The molecular formula is C17H19NO3S. The molecule has 2 aromatic rings. The Morgan fingerprint density at radius 3 is 2.64 bits per heavy atom. The van der Waals surface area contributed by atoms with E-state index in [4.69, 9.17) is 4.74 Å². The highest BCUT2D eigenvalue weighted by Gasteiger charge is 2.23. The molecule has 4 nitrogen and oxygen atoms in total. The Kier molecular flexibility index (Phi) is 4.29. The van der Waals surface area contributed by atoms with E-state index >= 15 is 0 Å². The van der Waals surface area contributed by atoms with Crippen molar-refractivity contribution in [1.82, 2.24) is 4.72 Å². The Labute approximate surface area is 131 Å². The molecule has 0 aliphatic carbocycles. The highest BCUT2D eigenvalue weighted by atomic mass is 32.2. The molecule has 0 saturated heterocycles. The Bertz CT molecular complexity index is 754. The van der Waals surface area contributed by atoms with Crippen LogP contribution in [0.1, 0.15) is 22.8 Å². The molecule has 0 saturated carbocycles. The van der Waals surface area contributed by atoms with Crippen LogP contribution in [0.4, 0.5) is 0 Å². The monoisotopic (exact) mass is 317 g/mol. The number of hydrogen-bond donors (Lipinski definition) is 1. The van der Waals surface area contributed by atoms with Gasteiger partial charge in [0.1, 0.15) is 0 Å². The topological polar surface area (TPSA) is 55.4 Å². The first kappa shape index (κ1) is 15.2. The van der Waals surface area contributed by atoms with Crippen LogP contribution >= 0.6 is 0 Å². The average Bonchev–Trinajstić information content (AvgIpc) is 2.53. The molecule has 1 aliphatic heterocycles. The van der Waals surface area contributed by atoms with E-state index in [1.807, 2.05) is 25.1 Å². The van der Waals surface area contributed by atoms with Gasteiger partial charge in [-0.15, -0.1) is 0 Å². The number of rotatable bonds is 4. The molecular weight excluding hydrogens is 298 g/mol. The van der Waals surface area contributed by atoms with Crippen molar-refractivity contribution in [3.8, 4) is 0 Å². The van der Waals surface area contributed by atoms with Crippen molar-refractivity contribution in [2.24, 2.45) is 0 Å². The van der Waals surface area contributed by atoms with Gasteiger partial charge in [0, 0.05) is 6.54 Å². The molecule has 0 unspecified atom stereocenters. The zero-order valence-corrected chi connectivity index (χ0v) is 13.3. The van der Waals surface area contributed by atoms with Gasteiger partial charge in [0.15, 0.2) is 0 Å². The Morgan fingerprint density at radius 2 is 1.86 bits per heavy atom. The van der Waals surface area contributed by atoms with Crippen molar-refractivity contribution in [2.75, 3.05) is 13.2 Å². The third kappa shape index (κ3) is 3.21. The van der Waals surface area contributed by atoms with Crippen LogP contribution in [-0.4, -0.2) is 21.6 Å². The molecule has 0 bridgehead atoms. The molecule has 5 heteroatoms. The fraction of sp³-hybridized carbons (Fsp3) is 0.294. The number of fused-ring (bicyclic) bond motifs is 1. The first-order valence-electron chi connectivity index (χ1n) is 7.32. The van der Waals surface area contributed by atoms with Crippen molar-refractivity contribution in [2.45, 2.75) is 24.3 Å². The van der Waals surface area contributed by atoms with Gasteiger partial charge in [-0.3, -0.25) is 0 Å². The van der Waals surface area contributed by atoms with E-state index in [1.165, 1.54) is 5.56 Å². The zero-order chi connectivity index (χ0) is 15.6. The lowest BCUT2D eigenvalue weighted by Gasteiger charge is -2.26. The first-order valence-corrected chi connectivity index (χ1v) is 8.80. The van der Waals surface area contributed by atoms with Crippen LogP contribution in [0.25, 0.3) is 0 Å². The van der Waals surface area contributed by atoms with Crippen LogP contribution < -0.4 is 4.72 Å². The zero-order valence-electron chi connectivity index (χ0n) is 12.5. The number of nitrogens with one attached hydrogen (secondary N) is 1. The van der Waals surface area contributed by atoms with Crippen LogP contribution in [0.2, 0.25) is 0 Å². The maximum atomic E-state index is 12.3. The van der Waals surface area contributed by atoms with Gasteiger partial charge in [-0.1, -0.05) is 42.0 Å². The van der Waals surface area contributed by atoms with E-state index in [9.17, 15) is 8.42 Å². The third-order valence-corrected chi connectivity index (χ3v) is 5.32. The molecule has 0 spiro atoms. The second kappa shape index (κ2) is 6.20. The summed E-state index contributed by atoms with van der Waals surface area (Å²) in [6, 6.07) is 14.8. The molecule has 0 amide bonds. The van der Waals surface area contributed by atoms with E-state index in [-0.39, 0.29) is 17.5 Å². The molecule has 1 N–H and O–H groups in total. The molecule has 116 valence electrons. The summed E-state index contributed by atoms with van der Waals surface area (Å²) in [5, 5.41) is 0. The van der Waals surface area contributed by atoms with E-state index in [2.05, 4.69) is 10.8 Å². The molecule has 3 rings (SSSR count). The fourth-order valence-corrected chi connectivity index (χ4v) is 3.66. The lowest BCUT2D eigenvalue weighted by atomic mass is 9.98. The smallest absolute Gasteiger partial charge is 0.240 e. The molecule has 22 heavy (non-hydrogen) atoms. The maximum absolute atomic E-state index is 12.3. The van der Waals surface area contributed by atoms with E-state index in [1.54, 1.807) is 24.3 Å². The molecule has 1 atom stereocenters. The third-order valence-electron chi connectivity index (χ3n) is 3.88. The van der Waals surface area contributed by atoms with Gasteiger partial charge in [-0.25, -0.2) is 13.1 Å². The van der Waals surface area contributed by atoms with Crippen LogP contribution in [0.15, 0.2) is 53.4 Å². The Morgan fingerprint density at radius 1 is 1.14 bits per heavy atom. The molecule has 1 heterocycles. The SMILES string of the molecule is Cc1ccc(S(=O)(=O)NC[C@H]2OCCc3ccccc32)cc1. The van der Waals surface area contributed by atoms with E-state index in [0.29, 0.717) is 6.61 Å². The van der Waals surface area contributed by atoms with Crippen molar-refractivity contribution in [3.05, 3.63) is 65.2 Å². The summed E-state index contributed by atoms with van der Waals surface area (Å²) in [6.07, 6.45) is 0.641. The van der Waals surface area contributed by atoms with Gasteiger partial charge in [0.05, 0.1) is 17.6 Å². The van der Waals surface area contributed by atoms with Gasteiger partial charge >= 0.3 is 0 Å². The number of ether oxygens (including phenoxy) is 1. The molecule has 2 aromatic carbocycles.